The minimum absolute atomic E-state index is 0.235. The van der Waals surface area contributed by atoms with Crippen LogP contribution in [0.2, 0.25) is 0 Å². The summed E-state index contributed by atoms with van der Waals surface area (Å²) >= 11 is 0. The molecule has 0 aliphatic rings. The zero-order chi connectivity index (χ0) is 18.5. The second kappa shape index (κ2) is 7.74. The van der Waals surface area contributed by atoms with Crippen molar-refractivity contribution in [1.29, 1.82) is 0 Å². The van der Waals surface area contributed by atoms with Crippen molar-refractivity contribution in [2.75, 3.05) is 13.7 Å². The largest absolute Gasteiger partial charge is 0.550 e. The number of rotatable bonds is 7. The van der Waals surface area contributed by atoms with E-state index in [1.165, 1.54) is 7.11 Å². The van der Waals surface area contributed by atoms with Crippen molar-refractivity contribution >= 4 is 28.7 Å². The van der Waals surface area contributed by atoms with E-state index in [4.69, 9.17) is 13.9 Å². The predicted octanol–water partition coefficient (Wildman–Crippen LogP) is 2.92. The highest BCUT2D eigenvalue weighted by molar-refractivity contribution is 5.91. The molecule has 0 bridgehead atoms. The van der Waals surface area contributed by atoms with Crippen LogP contribution in [0.3, 0.4) is 0 Å². The molecule has 1 heterocycles. The molecule has 0 aliphatic carbocycles. The van der Waals surface area contributed by atoms with Gasteiger partial charge in [0.25, 0.3) is 0 Å². The number of hydrogen-bond acceptors (Lipinski definition) is 6. The SMILES string of the molecule is CCOc1cccc(/C=C(\CC(=O)[O-])c2nc3ccccc3o2)c1OC. The smallest absolute Gasteiger partial charge is 0.223 e. The number of aromatic nitrogens is 1. The van der Waals surface area contributed by atoms with E-state index in [1.54, 1.807) is 30.3 Å². The number of fused-ring (bicyclic) bond motifs is 1. The second-order valence-corrected chi connectivity index (χ2v) is 5.52. The van der Waals surface area contributed by atoms with Gasteiger partial charge in [-0.05, 0) is 31.2 Å². The molecule has 0 unspecified atom stereocenters. The van der Waals surface area contributed by atoms with Crippen molar-refractivity contribution in [2.45, 2.75) is 13.3 Å². The van der Waals surface area contributed by atoms with Crippen molar-refractivity contribution in [3.05, 3.63) is 53.9 Å². The molecule has 0 aliphatic heterocycles. The summed E-state index contributed by atoms with van der Waals surface area (Å²) in [6.45, 7) is 2.36. The molecule has 0 spiro atoms. The fraction of sp³-hybridized carbons (Fsp3) is 0.200. The normalized spacial score (nSPS) is 11.5. The fourth-order valence-corrected chi connectivity index (χ4v) is 2.68. The first-order valence-electron chi connectivity index (χ1n) is 8.18. The molecular formula is C20H18NO5-. The quantitative estimate of drug-likeness (QED) is 0.650. The highest BCUT2D eigenvalue weighted by Gasteiger charge is 2.14. The van der Waals surface area contributed by atoms with E-state index in [1.807, 2.05) is 25.1 Å². The topological polar surface area (TPSA) is 84.6 Å². The van der Waals surface area contributed by atoms with Gasteiger partial charge in [0, 0.05) is 23.5 Å². The van der Waals surface area contributed by atoms with E-state index < -0.39 is 5.97 Å². The first kappa shape index (κ1) is 17.5. The Morgan fingerprint density at radius 1 is 1.23 bits per heavy atom. The zero-order valence-corrected chi connectivity index (χ0v) is 14.5. The number of hydrogen-bond donors (Lipinski definition) is 0. The molecule has 0 amide bonds. The van der Waals surface area contributed by atoms with Gasteiger partial charge in [-0.25, -0.2) is 4.98 Å². The van der Waals surface area contributed by atoms with E-state index >= 15 is 0 Å². The molecule has 2 aromatic carbocycles. The first-order valence-corrected chi connectivity index (χ1v) is 8.18. The standard InChI is InChI=1S/C20H19NO5/c1-3-25-17-10-6-7-13(19(17)24-2)11-14(12-18(22)23)20-21-15-8-4-5-9-16(15)26-20/h4-11H,3,12H2,1-2H3,(H,22,23)/p-1/b14-11+. The van der Waals surface area contributed by atoms with Gasteiger partial charge in [-0.3, -0.25) is 0 Å². The lowest BCUT2D eigenvalue weighted by Crippen LogP contribution is -2.22. The Balaban J connectivity index is 2.10. The Morgan fingerprint density at radius 3 is 2.73 bits per heavy atom. The lowest BCUT2D eigenvalue weighted by atomic mass is 10.1. The number of methoxy groups -OCH3 is 1. The number of oxazole rings is 1. The minimum Gasteiger partial charge on any atom is -0.550 e. The molecule has 6 heteroatoms. The minimum atomic E-state index is -1.22. The fourth-order valence-electron chi connectivity index (χ4n) is 2.68. The molecule has 0 fully saturated rings. The Hall–Kier alpha value is -3.28. The van der Waals surface area contributed by atoms with Gasteiger partial charge in [-0.2, -0.15) is 0 Å². The van der Waals surface area contributed by atoms with Crippen molar-refractivity contribution in [2.24, 2.45) is 0 Å². The summed E-state index contributed by atoms with van der Waals surface area (Å²) in [5, 5.41) is 11.2. The van der Waals surface area contributed by atoms with Crippen molar-refractivity contribution in [3.63, 3.8) is 0 Å². The van der Waals surface area contributed by atoms with Gasteiger partial charge in [0.15, 0.2) is 17.1 Å². The van der Waals surface area contributed by atoms with Crippen molar-refractivity contribution < 1.29 is 23.8 Å². The molecule has 1 aromatic heterocycles. The van der Waals surface area contributed by atoms with Crippen LogP contribution in [0, 0.1) is 0 Å². The number of nitrogens with zero attached hydrogens (tertiary/aromatic N) is 1. The molecule has 0 radical (unpaired) electrons. The molecule has 3 rings (SSSR count). The zero-order valence-electron chi connectivity index (χ0n) is 14.5. The van der Waals surface area contributed by atoms with Gasteiger partial charge in [0.1, 0.15) is 5.52 Å². The predicted molar refractivity (Wildman–Crippen MR) is 95.7 cm³/mol. The van der Waals surface area contributed by atoms with Gasteiger partial charge in [-0.15, -0.1) is 0 Å². The van der Waals surface area contributed by atoms with Gasteiger partial charge in [0.05, 0.1) is 13.7 Å². The van der Waals surface area contributed by atoms with E-state index in [0.29, 0.717) is 40.3 Å². The summed E-state index contributed by atoms with van der Waals surface area (Å²) < 4.78 is 16.7. The van der Waals surface area contributed by atoms with E-state index in [0.717, 1.165) is 0 Å². The number of ether oxygens (including phenoxy) is 2. The van der Waals surface area contributed by atoms with Crippen molar-refractivity contribution in [3.8, 4) is 11.5 Å². The third-order valence-corrected chi connectivity index (χ3v) is 3.75. The Bertz CT molecular complexity index is 925. The highest BCUT2D eigenvalue weighted by Crippen LogP contribution is 2.34. The second-order valence-electron chi connectivity index (χ2n) is 5.52. The maximum atomic E-state index is 11.2. The van der Waals surface area contributed by atoms with Crippen LogP contribution in [0.15, 0.2) is 46.9 Å². The monoisotopic (exact) mass is 352 g/mol. The lowest BCUT2D eigenvalue weighted by molar-refractivity contribution is -0.304. The van der Waals surface area contributed by atoms with Crippen LogP contribution < -0.4 is 14.6 Å². The molecule has 3 aromatic rings. The summed E-state index contributed by atoms with van der Waals surface area (Å²) in [5.41, 5.74) is 2.29. The molecule has 0 saturated carbocycles. The molecule has 6 nitrogen and oxygen atoms in total. The summed E-state index contributed by atoms with van der Waals surface area (Å²) in [6, 6.07) is 12.6. The summed E-state index contributed by atoms with van der Waals surface area (Å²) in [6.07, 6.45) is 1.33. The number of carboxylic acids is 1. The van der Waals surface area contributed by atoms with Crippen molar-refractivity contribution in [1.82, 2.24) is 4.98 Å². The van der Waals surface area contributed by atoms with E-state index in [9.17, 15) is 9.90 Å². The van der Waals surface area contributed by atoms with Crippen LogP contribution in [-0.4, -0.2) is 24.7 Å². The van der Waals surface area contributed by atoms with E-state index in [-0.39, 0.29) is 12.3 Å². The Kier molecular flexibility index (Phi) is 5.22. The number of benzene rings is 2. The molecule has 0 N–H and O–H groups in total. The Labute approximate surface area is 150 Å². The van der Waals surface area contributed by atoms with E-state index in [2.05, 4.69) is 4.98 Å². The third kappa shape index (κ3) is 3.69. The van der Waals surface area contributed by atoms with Gasteiger partial charge >= 0.3 is 0 Å². The van der Waals surface area contributed by atoms with Crippen LogP contribution in [0.25, 0.3) is 22.7 Å². The van der Waals surface area contributed by atoms with Gasteiger partial charge in [-0.1, -0.05) is 24.3 Å². The van der Waals surface area contributed by atoms with Crippen LogP contribution in [0.5, 0.6) is 11.5 Å². The number of carbonyl (C=O) groups excluding carboxylic acids is 1. The van der Waals surface area contributed by atoms with Crippen LogP contribution in [-0.2, 0) is 4.79 Å². The Morgan fingerprint density at radius 2 is 2.04 bits per heavy atom. The average molecular weight is 352 g/mol. The number of carboxylic acid groups (broad SMARTS) is 1. The number of aliphatic carboxylic acids is 1. The number of carbonyl (C=O) groups is 1. The van der Waals surface area contributed by atoms with Crippen LogP contribution in [0.1, 0.15) is 24.8 Å². The number of para-hydroxylation sites is 3. The molecule has 0 atom stereocenters. The van der Waals surface area contributed by atoms with Gasteiger partial charge < -0.3 is 23.8 Å². The average Bonchev–Trinajstić information content (AvgIpc) is 3.05. The molecule has 134 valence electrons. The summed E-state index contributed by atoms with van der Waals surface area (Å²) in [4.78, 5) is 15.6. The van der Waals surface area contributed by atoms with Crippen LogP contribution in [0.4, 0.5) is 0 Å². The maximum Gasteiger partial charge on any atom is 0.223 e. The molecular weight excluding hydrogens is 334 g/mol. The summed E-state index contributed by atoms with van der Waals surface area (Å²) in [7, 11) is 1.53. The highest BCUT2D eigenvalue weighted by atomic mass is 16.5. The summed E-state index contributed by atoms with van der Waals surface area (Å²) in [5.74, 6) is 0.105. The first-order chi connectivity index (χ1) is 12.6. The van der Waals surface area contributed by atoms with Crippen LogP contribution >= 0.6 is 0 Å². The van der Waals surface area contributed by atoms with Gasteiger partial charge in [0.2, 0.25) is 5.89 Å². The maximum absolute atomic E-state index is 11.2. The molecule has 0 saturated heterocycles. The molecule has 26 heavy (non-hydrogen) atoms. The lowest BCUT2D eigenvalue weighted by Gasteiger charge is -2.12. The third-order valence-electron chi connectivity index (χ3n) is 3.75.